The van der Waals surface area contributed by atoms with Gasteiger partial charge in [0.05, 0.1) is 10.6 Å². The van der Waals surface area contributed by atoms with Crippen LogP contribution in [0.5, 0.6) is 0 Å². The van der Waals surface area contributed by atoms with Crippen LogP contribution in [0.4, 0.5) is 11.4 Å². The number of aromatic nitrogens is 3. The number of nitrogens with zero attached hydrogens (tertiary/aromatic N) is 4. The van der Waals surface area contributed by atoms with Crippen molar-refractivity contribution >= 4 is 28.4 Å². The van der Waals surface area contributed by atoms with E-state index in [1.54, 1.807) is 42.6 Å². The summed E-state index contributed by atoms with van der Waals surface area (Å²) >= 11 is 0. The van der Waals surface area contributed by atoms with Crippen LogP contribution in [0.2, 0.25) is 0 Å². The first-order chi connectivity index (χ1) is 14.2. The summed E-state index contributed by atoms with van der Waals surface area (Å²) in [5.74, 6) is 0.248. The van der Waals surface area contributed by atoms with E-state index >= 15 is 0 Å². The van der Waals surface area contributed by atoms with Gasteiger partial charge in [0.15, 0.2) is 11.3 Å². The largest absolute Gasteiger partial charge is 0.440 e. The van der Waals surface area contributed by atoms with Gasteiger partial charge in [-0.25, -0.2) is 9.67 Å². The molecule has 2 aromatic heterocycles. The van der Waals surface area contributed by atoms with Gasteiger partial charge >= 0.3 is 0 Å². The van der Waals surface area contributed by atoms with Crippen LogP contribution in [0.1, 0.15) is 37.2 Å². The molecule has 152 valence electrons. The minimum atomic E-state index is -0.470. The molecule has 0 aliphatic rings. The van der Waals surface area contributed by atoms with Crippen molar-refractivity contribution in [2.24, 2.45) is 0 Å². The SMILES string of the molecule is CC(C)(C)c1nc2cc(NC(=O)c3ccn(-c4ccc([N+](=O)[O-])cc4)n3)ccc2o1. The van der Waals surface area contributed by atoms with Crippen LogP contribution in [-0.2, 0) is 5.41 Å². The van der Waals surface area contributed by atoms with Crippen molar-refractivity contribution < 1.29 is 14.1 Å². The predicted molar refractivity (Wildman–Crippen MR) is 111 cm³/mol. The number of rotatable bonds is 4. The molecule has 0 saturated carbocycles. The molecule has 4 rings (SSSR count). The van der Waals surface area contributed by atoms with E-state index in [9.17, 15) is 14.9 Å². The van der Waals surface area contributed by atoms with Crippen molar-refractivity contribution in [3.05, 3.63) is 76.4 Å². The van der Waals surface area contributed by atoms with E-state index in [2.05, 4.69) is 15.4 Å². The zero-order valence-corrected chi connectivity index (χ0v) is 16.6. The fourth-order valence-corrected chi connectivity index (χ4v) is 2.84. The van der Waals surface area contributed by atoms with Gasteiger partial charge in [0.1, 0.15) is 5.52 Å². The van der Waals surface area contributed by atoms with Gasteiger partial charge in [-0.05, 0) is 36.4 Å². The summed E-state index contributed by atoms with van der Waals surface area (Å²) in [4.78, 5) is 27.4. The third-order valence-electron chi connectivity index (χ3n) is 4.43. The number of carbonyl (C=O) groups is 1. The highest BCUT2D eigenvalue weighted by Gasteiger charge is 2.21. The Balaban J connectivity index is 1.52. The van der Waals surface area contributed by atoms with Gasteiger partial charge in [0.2, 0.25) is 5.89 Å². The summed E-state index contributed by atoms with van der Waals surface area (Å²) in [7, 11) is 0. The molecule has 30 heavy (non-hydrogen) atoms. The number of amides is 1. The van der Waals surface area contributed by atoms with Crippen LogP contribution in [0.25, 0.3) is 16.8 Å². The van der Waals surface area contributed by atoms with Gasteiger partial charge in [-0.3, -0.25) is 14.9 Å². The van der Waals surface area contributed by atoms with E-state index in [-0.39, 0.29) is 22.7 Å². The Morgan fingerprint density at radius 3 is 2.53 bits per heavy atom. The Morgan fingerprint density at radius 2 is 1.87 bits per heavy atom. The summed E-state index contributed by atoms with van der Waals surface area (Å²) in [6.07, 6.45) is 1.62. The van der Waals surface area contributed by atoms with Gasteiger partial charge in [0.25, 0.3) is 11.6 Å². The molecule has 0 spiro atoms. The lowest BCUT2D eigenvalue weighted by Gasteiger charge is -2.11. The molecule has 0 bridgehead atoms. The van der Waals surface area contributed by atoms with Crippen LogP contribution in [-0.4, -0.2) is 25.6 Å². The molecular weight excluding hydrogens is 386 g/mol. The molecule has 9 nitrogen and oxygen atoms in total. The predicted octanol–water partition coefficient (Wildman–Crippen LogP) is 4.47. The van der Waals surface area contributed by atoms with E-state index in [1.165, 1.54) is 16.8 Å². The lowest BCUT2D eigenvalue weighted by atomic mass is 9.97. The van der Waals surface area contributed by atoms with Gasteiger partial charge in [-0.15, -0.1) is 0 Å². The maximum absolute atomic E-state index is 12.6. The Morgan fingerprint density at radius 1 is 1.13 bits per heavy atom. The lowest BCUT2D eigenvalue weighted by molar-refractivity contribution is -0.384. The highest BCUT2D eigenvalue weighted by Crippen LogP contribution is 2.27. The average molecular weight is 405 g/mol. The number of oxazole rings is 1. The van der Waals surface area contributed by atoms with E-state index in [1.807, 2.05) is 20.8 Å². The minimum absolute atomic E-state index is 0.0123. The van der Waals surface area contributed by atoms with Crippen molar-refractivity contribution in [3.8, 4) is 5.69 Å². The van der Waals surface area contributed by atoms with Crippen molar-refractivity contribution in [3.63, 3.8) is 0 Å². The fourth-order valence-electron chi connectivity index (χ4n) is 2.84. The third-order valence-corrected chi connectivity index (χ3v) is 4.43. The molecule has 0 radical (unpaired) electrons. The second kappa shape index (κ2) is 7.11. The summed E-state index contributed by atoms with van der Waals surface area (Å²) in [6.45, 7) is 6.05. The highest BCUT2D eigenvalue weighted by molar-refractivity contribution is 6.03. The van der Waals surface area contributed by atoms with Crippen LogP contribution in [0.3, 0.4) is 0 Å². The maximum Gasteiger partial charge on any atom is 0.276 e. The zero-order chi connectivity index (χ0) is 21.5. The Bertz CT molecular complexity index is 1250. The number of hydrogen-bond donors (Lipinski definition) is 1. The topological polar surface area (TPSA) is 116 Å². The number of benzene rings is 2. The third kappa shape index (κ3) is 3.77. The van der Waals surface area contributed by atoms with E-state index in [4.69, 9.17) is 4.42 Å². The first-order valence-corrected chi connectivity index (χ1v) is 9.24. The van der Waals surface area contributed by atoms with Gasteiger partial charge in [-0.2, -0.15) is 5.10 Å². The number of fused-ring (bicyclic) bond motifs is 1. The molecule has 0 aliphatic heterocycles. The molecule has 2 aromatic carbocycles. The molecular formula is C21H19N5O4. The normalized spacial score (nSPS) is 11.6. The van der Waals surface area contributed by atoms with Gasteiger partial charge in [0, 0.05) is 29.4 Å². The van der Waals surface area contributed by atoms with Crippen LogP contribution in [0, 0.1) is 10.1 Å². The van der Waals surface area contributed by atoms with Crippen LogP contribution < -0.4 is 5.32 Å². The van der Waals surface area contributed by atoms with Crippen molar-refractivity contribution in [2.75, 3.05) is 5.32 Å². The molecule has 1 amide bonds. The van der Waals surface area contributed by atoms with Crippen LogP contribution in [0.15, 0.2) is 59.1 Å². The number of carbonyl (C=O) groups excluding carboxylic acids is 1. The van der Waals surface area contributed by atoms with Crippen molar-refractivity contribution in [1.82, 2.24) is 14.8 Å². The van der Waals surface area contributed by atoms with E-state index in [0.29, 0.717) is 28.4 Å². The highest BCUT2D eigenvalue weighted by atomic mass is 16.6. The number of nitro groups is 1. The summed E-state index contributed by atoms with van der Waals surface area (Å²) in [5, 5.41) is 17.8. The van der Waals surface area contributed by atoms with Gasteiger partial charge in [-0.1, -0.05) is 20.8 Å². The molecule has 2 heterocycles. The average Bonchev–Trinajstić information content (AvgIpc) is 3.35. The number of anilines is 1. The Kier molecular flexibility index (Phi) is 4.57. The monoisotopic (exact) mass is 405 g/mol. The summed E-state index contributed by atoms with van der Waals surface area (Å²) < 4.78 is 7.25. The first kappa shape index (κ1) is 19.3. The summed E-state index contributed by atoms with van der Waals surface area (Å²) in [5.41, 5.74) is 2.48. The second-order valence-corrected chi connectivity index (χ2v) is 7.82. The number of nitro benzene ring substituents is 1. The molecule has 1 N–H and O–H groups in total. The molecule has 0 saturated heterocycles. The first-order valence-electron chi connectivity index (χ1n) is 9.24. The Hall–Kier alpha value is -4.01. The molecule has 0 atom stereocenters. The van der Waals surface area contributed by atoms with Gasteiger partial charge < -0.3 is 9.73 Å². The fraction of sp³-hybridized carbons (Fsp3) is 0.190. The number of nitrogens with one attached hydrogen (secondary N) is 1. The number of non-ortho nitro benzene ring substituents is 1. The van der Waals surface area contributed by atoms with Crippen molar-refractivity contribution in [1.29, 1.82) is 0 Å². The Labute approximate surface area is 171 Å². The molecule has 9 heteroatoms. The standard InChI is InChI=1S/C21H19N5O4/c1-21(2,3)20-23-17-12-13(4-9-18(17)30-20)22-19(27)16-10-11-25(24-16)14-5-7-15(8-6-14)26(28)29/h4-12H,1-3H3,(H,22,27). The molecule has 0 fully saturated rings. The van der Waals surface area contributed by atoms with E-state index < -0.39 is 4.92 Å². The number of hydrogen-bond acceptors (Lipinski definition) is 6. The minimum Gasteiger partial charge on any atom is -0.440 e. The van der Waals surface area contributed by atoms with Crippen molar-refractivity contribution in [2.45, 2.75) is 26.2 Å². The zero-order valence-electron chi connectivity index (χ0n) is 16.6. The van der Waals surface area contributed by atoms with Crippen LogP contribution >= 0.6 is 0 Å². The molecule has 4 aromatic rings. The van der Waals surface area contributed by atoms with E-state index in [0.717, 1.165) is 0 Å². The lowest BCUT2D eigenvalue weighted by Crippen LogP contribution is -2.13. The maximum atomic E-state index is 12.6. The second-order valence-electron chi connectivity index (χ2n) is 7.82. The quantitative estimate of drug-likeness (QED) is 0.395. The molecule has 0 aliphatic carbocycles. The molecule has 0 unspecified atom stereocenters. The smallest absolute Gasteiger partial charge is 0.276 e. The summed E-state index contributed by atoms with van der Waals surface area (Å²) in [6, 6.07) is 12.7.